The largest absolute Gasteiger partial charge is 0.398 e. The molecule has 0 radical (unpaired) electrons. The van der Waals surface area contributed by atoms with Crippen LogP contribution in [0.5, 0.6) is 0 Å². The number of nitrogens with one attached hydrogen (secondary N) is 1. The van der Waals surface area contributed by atoms with E-state index in [-0.39, 0.29) is 4.90 Å². The third kappa shape index (κ3) is 3.68. The third-order valence-corrected chi connectivity index (χ3v) is 4.80. The number of benzene rings is 1. The van der Waals surface area contributed by atoms with Crippen molar-refractivity contribution in [3.8, 4) is 0 Å². The molecule has 5 nitrogen and oxygen atoms in total. The van der Waals surface area contributed by atoms with Crippen molar-refractivity contribution in [1.82, 2.24) is 4.72 Å². The van der Waals surface area contributed by atoms with E-state index in [0.717, 1.165) is 5.56 Å². The van der Waals surface area contributed by atoms with E-state index in [1.165, 1.54) is 0 Å². The standard InChI is InChI=1S/C13H22N2O3S/c1-9-8-10(2)13(11(3)12(9)14)19(16,17)15-6-5-7-18-4/h8,15H,5-7,14H2,1-4H3. The van der Waals surface area contributed by atoms with E-state index in [1.807, 2.05) is 6.92 Å². The highest BCUT2D eigenvalue weighted by Crippen LogP contribution is 2.27. The first-order valence-electron chi connectivity index (χ1n) is 6.16. The van der Waals surface area contributed by atoms with Crippen LogP contribution in [0.25, 0.3) is 0 Å². The topological polar surface area (TPSA) is 81.4 Å². The number of nitrogen functional groups attached to an aromatic ring is 1. The maximum atomic E-state index is 12.3. The van der Waals surface area contributed by atoms with Crippen molar-refractivity contribution in [3.63, 3.8) is 0 Å². The monoisotopic (exact) mass is 286 g/mol. The van der Waals surface area contributed by atoms with Crippen LogP contribution < -0.4 is 10.5 Å². The Morgan fingerprint density at radius 3 is 2.47 bits per heavy atom. The Bertz CT molecular complexity index is 553. The summed E-state index contributed by atoms with van der Waals surface area (Å²) in [6, 6.07) is 1.80. The van der Waals surface area contributed by atoms with E-state index < -0.39 is 10.0 Å². The van der Waals surface area contributed by atoms with Crippen LogP contribution in [0.1, 0.15) is 23.1 Å². The number of aryl methyl sites for hydroxylation is 2. The molecule has 0 aliphatic carbocycles. The number of methoxy groups -OCH3 is 1. The van der Waals surface area contributed by atoms with Crippen LogP contribution in [0.2, 0.25) is 0 Å². The number of sulfonamides is 1. The van der Waals surface area contributed by atoms with Gasteiger partial charge in [-0.2, -0.15) is 0 Å². The minimum atomic E-state index is -3.53. The van der Waals surface area contributed by atoms with Crippen molar-refractivity contribution in [2.75, 3.05) is 26.0 Å². The highest BCUT2D eigenvalue weighted by molar-refractivity contribution is 7.89. The fourth-order valence-corrected chi connectivity index (χ4v) is 3.64. The van der Waals surface area contributed by atoms with E-state index >= 15 is 0 Å². The summed E-state index contributed by atoms with van der Waals surface area (Å²) in [5, 5.41) is 0. The van der Waals surface area contributed by atoms with E-state index in [9.17, 15) is 8.42 Å². The Morgan fingerprint density at radius 2 is 1.89 bits per heavy atom. The molecule has 0 saturated heterocycles. The highest BCUT2D eigenvalue weighted by atomic mass is 32.2. The average molecular weight is 286 g/mol. The van der Waals surface area contributed by atoms with Crippen molar-refractivity contribution >= 4 is 15.7 Å². The van der Waals surface area contributed by atoms with E-state index in [1.54, 1.807) is 27.0 Å². The lowest BCUT2D eigenvalue weighted by atomic mass is 10.1. The van der Waals surface area contributed by atoms with Crippen molar-refractivity contribution in [3.05, 3.63) is 22.8 Å². The first kappa shape index (κ1) is 15.9. The van der Waals surface area contributed by atoms with E-state index in [4.69, 9.17) is 10.5 Å². The summed E-state index contributed by atoms with van der Waals surface area (Å²) < 4.78 is 32.1. The summed E-state index contributed by atoms with van der Waals surface area (Å²) >= 11 is 0. The minimum Gasteiger partial charge on any atom is -0.398 e. The molecule has 108 valence electrons. The average Bonchev–Trinajstić information content (AvgIpc) is 2.31. The SMILES string of the molecule is COCCCNS(=O)(=O)c1c(C)cc(C)c(N)c1C. The first-order chi connectivity index (χ1) is 8.81. The van der Waals surface area contributed by atoms with Crippen molar-refractivity contribution in [2.24, 2.45) is 0 Å². The molecule has 1 rings (SSSR count). The van der Waals surface area contributed by atoms with Crippen LogP contribution in [0.15, 0.2) is 11.0 Å². The Morgan fingerprint density at radius 1 is 1.26 bits per heavy atom. The molecule has 0 amide bonds. The number of anilines is 1. The smallest absolute Gasteiger partial charge is 0.241 e. The molecule has 19 heavy (non-hydrogen) atoms. The summed E-state index contributed by atoms with van der Waals surface area (Å²) in [5.74, 6) is 0. The fraction of sp³-hybridized carbons (Fsp3) is 0.538. The predicted molar refractivity (Wildman–Crippen MR) is 76.7 cm³/mol. The highest BCUT2D eigenvalue weighted by Gasteiger charge is 2.21. The Hall–Kier alpha value is -1.11. The van der Waals surface area contributed by atoms with Gasteiger partial charge in [-0.25, -0.2) is 13.1 Å². The number of ether oxygens (including phenoxy) is 1. The lowest BCUT2D eigenvalue weighted by Gasteiger charge is -2.15. The quantitative estimate of drug-likeness (QED) is 0.613. The van der Waals surface area contributed by atoms with Gasteiger partial charge in [0.25, 0.3) is 0 Å². The molecule has 0 aliphatic heterocycles. The molecule has 0 unspecified atom stereocenters. The van der Waals surface area contributed by atoms with E-state index in [2.05, 4.69) is 4.72 Å². The molecule has 1 aromatic rings. The summed E-state index contributed by atoms with van der Waals surface area (Å²) in [6.45, 7) is 6.26. The van der Waals surface area contributed by atoms with Gasteiger partial charge in [0.05, 0.1) is 4.90 Å². The molecular weight excluding hydrogens is 264 g/mol. The number of rotatable bonds is 6. The summed E-state index contributed by atoms with van der Waals surface area (Å²) in [5.41, 5.74) is 8.66. The zero-order valence-electron chi connectivity index (χ0n) is 11.9. The normalized spacial score (nSPS) is 11.8. The van der Waals surface area contributed by atoms with Gasteiger partial charge in [-0.1, -0.05) is 6.07 Å². The zero-order valence-corrected chi connectivity index (χ0v) is 12.7. The molecule has 0 heterocycles. The number of hydrogen-bond donors (Lipinski definition) is 2. The maximum Gasteiger partial charge on any atom is 0.241 e. The van der Waals surface area contributed by atoms with Crippen LogP contribution in [0, 0.1) is 20.8 Å². The van der Waals surface area contributed by atoms with Gasteiger partial charge < -0.3 is 10.5 Å². The number of nitrogens with two attached hydrogens (primary N) is 1. The molecule has 0 spiro atoms. The summed E-state index contributed by atoms with van der Waals surface area (Å²) in [7, 11) is -1.94. The first-order valence-corrected chi connectivity index (χ1v) is 7.64. The second-order valence-electron chi connectivity index (χ2n) is 4.62. The van der Waals surface area contributed by atoms with Crippen LogP contribution in [-0.4, -0.2) is 28.7 Å². The van der Waals surface area contributed by atoms with E-state index in [0.29, 0.717) is 36.4 Å². The molecule has 0 bridgehead atoms. The van der Waals surface area contributed by atoms with Gasteiger partial charge in [0.15, 0.2) is 0 Å². The van der Waals surface area contributed by atoms with Crippen molar-refractivity contribution < 1.29 is 13.2 Å². The molecule has 0 aliphatic rings. The minimum absolute atomic E-state index is 0.285. The van der Waals surface area contributed by atoms with Crippen LogP contribution in [0.3, 0.4) is 0 Å². The molecular formula is C13H22N2O3S. The van der Waals surface area contributed by atoms with Crippen LogP contribution >= 0.6 is 0 Å². The zero-order chi connectivity index (χ0) is 14.6. The van der Waals surface area contributed by atoms with Gasteiger partial charge in [0.1, 0.15) is 0 Å². The second-order valence-corrected chi connectivity index (χ2v) is 6.33. The van der Waals surface area contributed by atoms with Crippen LogP contribution in [-0.2, 0) is 14.8 Å². The van der Waals surface area contributed by atoms with Gasteiger partial charge in [0, 0.05) is 25.9 Å². The molecule has 3 N–H and O–H groups in total. The molecule has 6 heteroatoms. The van der Waals surface area contributed by atoms with Gasteiger partial charge in [-0.05, 0) is 43.9 Å². The van der Waals surface area contributed by atoms with Crippen LogP contribution in [0.4, 0.5) is 5.69 Å². The lowest BCUT2D eigenvalue weighted by Crippen LogP contribution is -2.27. The van der Waals surface area contributed by atoms with Gasteiger partial charge >= 0.3 is 0 Å². The third-order valence-electron chi connectivity index (χ3n) is 3.05. The van der Waals surface area contributed by atoms with Gasteiger partial charge in [-0.3, -0.25) is 0 Å². The Labute approximate surface area is 115 Å². The number of hydrogen-bond acceptors (Lipinski definition) is 4. The predicted octanol–water partition coefficient (Wildman–Crippen LogP) is 1.51. The summed E-state index contributed by atoms with van der Waals surface area (Å²) in [4.78, 5) is 0.285. The molecule has 0 aromatic heterocycles. The van der Waals surface area contributed by atoms with Gasteiger partial charge in [-0.15, -0.1) is 0 Å². The maximum absolute atomic E-state index is 12.3. The molecule has 0 atom stereocenters. The Kier molecular flexibility index (Phi) is 5.34. The van der Waals surface area contributed by atoms with Crippen molar-refractivity contribution in [2.45, 2.75) is 32.1 Å². The second kappa shape index (κ2) is 6.36. The molecule has 1 aromatic carbocycles. The lowest BCUT2D eigenvalue weighted by molar-refractivity contribution is 0.196. The molecule has 0 fully saturated rings. The summed E-state index contributed by atoms with van der Waals surface area (Å²) in [6.07, 6.45) is 0.634. The fourth-order valence-electron chi connectivity index (χ4n) is 2.09. The van der Waals surface area contributed by atoms with Gasteiger partial charge in [0.2, 0.25) is 10.0 Å². The molecule has 0 saturated carbocycles. The van der Waals surface area contributed by atoms with Crippen molar-refractivity contribution in [1.29, 1.82) is 0 Å². The Balaban J connectivity index is 3.05.